The Balaban J connectivity index is 2.04. The molecule has 0 aliphatic carbocycles. The van der Waals surface area contributed by atoms with Crippen molar-refractivity contribution in [3.8, 4) is 11.3 Å². The predicted molar refractivity (Wildman–Crippen MR) is 101 cm³/mol. The number of alkyl halides is 3. The quantitative estimate of drug-likeness (QED) is 0.657. The van der Waals surface area contributed by atoms with Gasteiger partial charge in [-0.1, -0.05) is 30.3 Å². The van der Waals surface area contributed by atoms with E-state index < -0.39 is 22.7 Å². The van der Waals surface area contributed by atoms with Crippen LogP contribution in [-0.2, 0) is 17.5 Å². The summed E-state index contributed by atoms with van der Waals surface area (Å²) < 4.78 is 48.4. The van der Waals surface area contributed by atoms with Gasteiger partial charge in [0, 0.05) is 12.2 Å². The van der Waals surface area contributed by atoms with Crippen molar-refractivity contribution in [3.63, 3.8) is 0 Å². The van der Waals surface area contributed by atoms with Crippen LogP contribution in [0.5, 0.6) is 0 Å². The maximum atomic E-state index is 13.8. The Bertz CT molecular complexity index is 1130. The Kier molecular flexibility index (Phi) is 4.80. The number of halogens is 3. The maximum Gasteiger partial charge on any atom is 0.417 e. The zero-order valence-electron chi connectivity index (χ0n) is 14.6. The fourth-order valence-corrected chi connectivity index (χ4v) is 3.67. The average molecular weight is 407 g/mol. The van der Waals surface area contributed by atoms with Crippen LogP contribution in [0, 0.1) is 4.77 Å². The number of benzene rings is 1. The van der Waals surface area contributed by atoms with Gasteiger partial charge in [0.05, 0.1) is 29.3 Å². The van der Waals surface area contributed by atoms with E-state index in [9.17, 15) is 18.0 Å². The van der Waals surface area contributed by atoms with E-state index in [2.05, 4.69) is 9.97 Å². The molecular weight excluding hydrogens is 391 g/mol. The molecule has 3 heterocycles. The summed E-state index contributed by atoms with van der Waals surface area (Å²) in [4.78, 5) is 19.2. The normalized spacial score (nSPS) is 17.3. The lowest BCUT2D eigenvalue weighted by Gasteiger charge is -2.18. The SMILES string of the molecule is O=c1[nH]c(=S)n(C[C@@H]2CCCO2)c2nc(-c3ccccc3)cc(C(F)(F)F)c12. The molecule has 0 spiro atoms. The third kappa shape index (κ3) is 3.47. The molecule has 0 saturated carbocycles. The van der Waals surface area contributed by atoms with E-state index in [4.69, 9.17) is 17.0 Å². The van der Waals surface area contributed by atoms with Crippen LogP contribution in [0.4, 0.5) is 13.2 Å². The van der Waals surface area contributed by atoms with Crippen molar-refractivity contribution in [2.24, 2.45) is 0 Å². The number of hydrogen-bond acceptors (Lipinski definition) is 4. The van der Waals surface area contributed by atoms with Crippen LogP contribution >= 0.6 is 12.2 Å². The molecule has 4 rings (SSSR count). The maximum absolute atomic E-state index is 13.8. The van der Waals surface area contributed by atoms with Gasteiger partial charge in [-0.25, -0.2) is 4.98 Å². The lowest BCUT2D eigenvalue weighted by Crippen LogP contribution is -2.24. The van der Waals surface area contributed by atoms with Gasteiger partial charge in [-0.3, -0.25) is 14.3 Å². The minimum Gasteiger partial charge on any atom is -0.376 e. The number of H-pyrrole nitrogens is 1. The van der Waals surface area contributed by atoms with Crippen molar-refractivity contribution in [1.29, 1.82) is 0 Å². The molecule has 1 atom stereocenters. The van der Waals surface area contributed by atoms with Gasteiger partial charge in [-0.2, -0.15) is 13.2 Å². The minimum absolute atomic E-state index is 0.0267. The third-order valence-corrected chi connectivity index (χ3v) is 5.06. The summed E-state index contributed by atoms with van der Waals surface area (Å²) in [6.07, 6.45) is -3.26. The second-order valence-electron chi connectivity index (χ2n) is 6.62. The fraction of sp³-hybridized carbons (Fsp3) is 0.316. The first kappa shape index (κ1) is 18.8. The molecular formula is C19H16F3N3O2S. The Morgan fingerprint density at radius 3 is 2.68 bits per heavy atom. The van der Waals surface area contributed by atoms with Crippen LogP contribution < -0.4 is 5.56 Å². The molecule has 1 saturated heterocycles. The first-order chi connectivity index (χ1) is 13.3. The number of hydrogen-bond donors (Lipinski definition) is 1. The zero-order valence-corrected chi connectivity index (χ0v) is 15.4. The van der Waals surface area contributed by atoms with Gasteiger partial charge in [-0.05, 0) is 31.1 Å². The van der Waals surface area contributed by atoms with Crippen molar-refractivity contribution >= 4 is 23.3 Å². The highest BCUT2D eigenvalue weighted by Gasteiger charge is 2.35. The van der Waals surface area contributed by atoms with Gasteiger partial charge in [-0.15, -0.1) is 0 Å². The summed E-state index contributed by atoms with van der Waals surface area (Å²) in [5, 5.41) is -0.515. The summed E-state index contributed by atoms with van der Waals surface area (Å²) in [6.45, 7) is 0.824. The second kappa shape index (κ2) is 7.14. The monoisotopic (exact) mass is 407 g/mol. The zero-order chi connectivity index (χ0) is 19.9. The minimum atomic E-state index is -4.72. The van der Waals surface area contributed by atoms with E-state index >= 15 is 0 Å². The van der Waals surface area contributed by atoms with Gasteiger partial charge >= 0.3 is 6.18 Å². The van der Waals surface area contributed by atoms with E-state index in [1.165, 1.54) is 4.57 Å². The van der Waals surface area contributed by atoms with E-state index in [-0.39, 0.29) is 28.8 Å². The van der Waals surface area contributed by atoms with Crippen LogP contribution in [0.3, 0.4) is 0 Å². The molecule has 0 amide bonds. The molecule has 2 aromatic heterocycles. The molecule has 146 valence electrons. The lowest BCUT2D eigenvalue weighted by atomic mass is 10.1. The molecule has 0 radical (unpaired) electrons. The van der Waals surface area contributed by atoms with E-state index in [0.29, 0.717) is 12.2 Å². The predicted octanol–water partition coefficient (Wildman–Crippen LogP) is 4.32. The first-order valence-electron chi connectivity index (χ1n) is 8.76. The van der Waals surface area contributed by atoms with Crippen LogP contribution in [0.15, 0.2) is 41.2 Å². The number of aromatic amines is 1. The highest BCUT2D eigenvalue weighted by molar-refractivity contribution is 7.71. The highest BCUT2D eigenvalue weighted by atomic mass is 32.1. The number of nitrogens with zero attached hydrogens (tertiary/aromatic N) is 2. The second-order valence-corrected chi connectivity index (χ2v) is 7.01. The van der Waals surface area contributed by atoms with Gasteiger partial charge < -0.3 is 4.74 Å². The molecule has 28 heavy (non-hydrogen) atoms. The molecule has 9 heteroatoms. The summed E-state index contributed by atoms with van der Waals surface area (Å²) in [6, 6.07) is 9.43. The van der Waals surface area contributed by atoms with Gasteiger partial charge in [0.25, 0.3) is 5.56 Å². The Morgan fingerprint density at radius 1 is 1.29 bits per heavy atom. The number of rotatable bonds is 3. The molecule has 3 aromatic rings. The first-order valence-corrected chi connectivity index (χ1v) is 9.17. The molecule has 1 fully saturated rings. The molecule has 1 aliphatic rings. The highest BCUT2D eigenvalue weighted by Crippen LogP contribution is 2.35. The van der Waals surface area contributed by atoms with Gasteiger partial charge in [0.2, 0.25) is 0 Å². The number of ether oxygens (including phenoxy) is 1. The van der Waals surface area contributed by atoms with Crippen molar-refractivity contribution in [3.05, 3.63) is 57.1 Å². The van der Waals surface area contributed by atoms with Crippen molar-refractivity contribution in [1.82, 2.24) is 14.5 Å². The van der Waals surface area contributed by atoms with E-state index in [1.54, 1.807) is 30.3 Å². The summed E-state index contributed by atoms with van der Waals surface area (Å²) >= 11 is 5.23. The van der Waals surface area contributed by atoms with Crippen LogP contribution in [0.25, 0.3) is 22.3 Å². The largest absolute Gasteiger partial charge is 0.417 e. The standard InChI is InChI=1S/C19H16F3N3O2S/c20-19(21,22)13-9-14(11-5-2-1-3-6-11)23-16-15(13)17(26)24-18(28)25(16)10-12-7-4-8-27-12/h1-3,5-6,9,12H,4,7-8,10H2,(H,24,26,28)/t12-/m0/s1. The topological polar surface area (TPSA) is 59.9 Å². The number of pyridine rings is 1. The fourth-order valence-electron chi connectivity index (χ4n) is 3.42. The van der Waals surface area contributed by atoms with Gasteiger partial charge in [0.15, 0.2) is 4.77 Å². The van der Waals surface area contributed by atoms with Crippen LogP contribution in [0.1, 0.15) is 18.4 Å². The number of nitrogens with one attached hydrogen (secondary N) is 1. The molecule has 1 aliphatic heterocycles. The number of fused-ring (bicyclic) bond motifs is 1. The Hall–Kier alpha value is -2.52. The summed E-state index contributed by atoms with van der Waals surface area (Å²) in [5.74, 6) is 0. The molecule has 1 N–H and O–H groups in total. The smallest absolute Gasteiger partial charge is 0.376 e. The Morgan fingerprint density at radius 2 is 2.04 bits per heavy atom. The molecule has 5 nitrogen and oxygen atoms in total. The summed E-state index contributed by atoms with van der Waals surface area (Å²) in [5.41, 5.74) is -1.37. The van der Waals surface area contributed by atoms with E-state index in [1.807, 2.05) is 0 Å². The van der Waals surface area contributed by atoms with Crippen molar-refractivity contribution < 1.29 is 17.9 Å². The molecule has 1 aromatic carbocycles. The van der Waals surface area contributed by atoms with Crippen molar-refractivity contribution in [2.45, 2.75) is 31.7 Å². The summed E-state index contributed by atoms with van der Waals surface area (Å²) in [7, 11) is 0. The average Bonchev–Trinajstić information content (AvgIpc) is 3.17. The van der Waals surface area contributed by atoms with Crippen molar-refractivity contribution in [2.75, 3.05) is 6.61 Å². The van der Waals surface area contributed by atoms with Crippen LogP contribution in [0.2, 0.25) is 0 Å². The van der Waals surface area contributed by atoms with Gasteiger partial charge in [0.1, 0.15) is 5.65 Å². The van der Waals surface area contributed by atoms with E-state index in [0.717, 1.165) is 18.9 Å². The van der Waals surface area contributed by atoms with Crippen LogP contribution in [-0.4, -0.2) is 27.2 Å². The Labute approximate surface area is 162 Å². The number of aromatic nitrogens is 3. The lowest BCUT2D eigenvalue weighted by molar-refractivity contribution is -0.136. The molecule has 0 bridgehead atoms. The molecule has 0 unspecified atom stereocenters. The third-order valence-electron chi connectivity index (χ3n) is 4.73.